The second-order valence-corrected chi connectivity index (χ2v) is 5.61. The van der Waals surface area contributed by atoms with Crippen molar-refractivity contribution in [2.45, 2.75) is 32.6 Å². The molecule has 2 rings (SSSR count). The fourth-order valence-electron chi connectivity index (χ4n) is 2.81. The van der Waals surface area contributed by atoms with Gasteiger partial charge in [-0.15, -0.1) is 0 Å². The summed E-state index contributed by atoms with van der Waals surface area (Å²) in [6, 6.07) is 1.17. The summed E-state index contributed by atoms with van der Waals surface area (Å²) in [6.07, 6.45) is 5.97. The molecule has 1 aromatic rings. The summed E-state index contributed by atoms with van der Waals surface area (Å²) in [6.45, 7) is 2.93. The highest BCUT2D eigenvalue weighted by Gasteiger charge is 2.22. The molecule has 1 aliphatic carbocycles. The number of primary amides is 1. The van der Waals surface area contributed by atoms with Crippen molar-refractivity contribution in [3.05, 3.63) is 27.9 Å². The fourth-order valence-corrected chi connectivity index (χ4v) is 2.81. The maximum atomic E-state index is 11.4. The molecule has 0 saturated heterocycles. The Kier molecular flexibility index (Phi) is 4.72. The number of aromatic nitrogens is 1. The van der Waals surface area contributed by atoms with Crippen LogP contribution in [0.5, 0.6) is 0 Å². The van der Waals surface area contributed by atoms with Crippen LogP contribution in [0.3, 0.4) is 0 Å². The molecular formula is C14H20N4O3. The Bertz CT molecular complexity index is 547. The number of anilines is 1. The monoisotopic (exact) mass is 292 g/mol. The van der Waals surface area contributed by atoms with Gasteiger partial charge in [0.25, 0.3) is 11.6 Å². The van der Waals surface area contributed by atoms with E-state index < -0.39 is 10.8 Å². The number of hydrogen-bond acceptors (Lipinski definition) is 5. The second kappa shape index (κ2) is 6.51. The molecule has 1 saturated carbocycles. The molecule has 1 heterocycles. The lowest BCUT2D eigenvalue weighted by atomic mass is 9.80. The third kappa shape index (κ3) is 3.68. The number of carbonyl (C=O) groups excluding carboxylic acids is 1. The van der Waals surface area contributed by atoms with E-state index in [0.29, 0.717) is 24.2 Å². The number of rotatable bonds is 5. The number of nitrogens with one attached hydrogen (secondary N) is 1. The van der Waals surface area contributed by atoms with Crippen molar-refractivity contribution in [1.29, 1.82) is 0 Å². The van der Waals surface area contributed by atoms with Gasteiger partial charge >= 0.3 is 0 Å². The number of nitrogens with zero attached hydrogens (tertiary/aromatic N) is 2. The first-order chi connectivity index (χ1) is 9.99. The predicted molar refractivity (Wildman–Crippen MR) is 79.0 cm³/mol. The Balaban J connectivity index is 2.11. The third-order valence-electron chi connectivity index (χ3n) is 4.17. The van der Waals surface area contributed by atoms with Crippen molar-refractivity contribution in [1.82, 2.24) is 4.98 Å². The molecule has 0 aliphatic heterocycles. The number of hydrogen-bond donors (Lipinski definition) is 2. The minimum Gasteiger partial charge on any atom is -0.369 e. The van der Waals surface area contributed by atoms with Gasteiger partial charge in [-0.2, -0.15) is 0 Å². The van der Waals surface area contributed by atoms with Crippen molar-refractivity contribution in [2.75, 3.05) is 11.9 Å². The van der Waals surface area contributed by atoms with E-state index in [1.807, 2.05) is 0 Å². The molecule has 0 aromatic carbocycles. The first kappa shape index (κ1) is 15.2. The highest BCUT2D eigenvalue weighted by Crippen LogP contribution is 2.30. The largest absolute Gasteiger partial charge is 0.369 e. The van der Waals surface area contributed by atoms with Crippen molar-refractivity contribution in [3.63, 3.8) is 0 Å². The van der Waals surface area contributed by atoms with E-state index in [0.717, 1.165) is 12.6 Å². The van der Waals surface area contributed by atoms with E-state index in [-0.39, 0.29) is 11.3 Å². The highest BCUT2D eigenvalue weighted by atomic mass is 16.6. The lowest BCUT2D eigenvalue weighted by Gasteiger charge is -2.29. The quantitative estimate of drug-likeness (QED) is 0.639. The van der Waals surface area contributed by atoms with Crippen LogP contribution in [0.1, 0.15) is 43.0 Å². The van der Waals surface area contributed by atoms with Gasteiger partial charge in [-0.05, 0) is 18.3 Å². The summed E-state index contributed by atoms with van der Waals surface area (Å²) in [4.78, 5) is 25.5. The zero-order valence-corrected chi connectivity index (χ0v) is 12.0. The molecule has 0 radical (unpaired) electrons. The minimum atomic E-state index is -0.717. The zero-order valence-electron chi connectivity index (χ0n) is 12.0. The Morgan fingerprint density at radius 2 is 2.24 bits per heavy atom. The lowest BCUT2D eigenvalue weighted by molar-refractivity contribution is -0.385. The Morgan fingerprint density at radius 1 is 1.52 bits per heavy atom. The molecule has 1 fully saturated rings. The first-order valence-electron chi connectivity index (χ1n) is 7.17. The highest BCUT2D eigenvalue weighted by molar-refractivity contribution is 5.98. The molecular weight excluding hydrogens is 272 g/mol. The van der Waals surface area contributed by atoms with Crippen LogP contribution in [0.4, 0.5) is 11.5 Å². The van der Waals surface area contributed by atoms with Crippen molar-refractivity contribution >= 4 is 17.4 Å². The van der Waals surface area contributed by atoms with Crippen LogP contribution < -0.4 is 11.1 Å². The van der Waals surface area contributed by atoms with E-state index in [2.05, 4.69) is 17.2 Å². The van der Waals surface area contributed by atoms with Gasteiger partial charge in [0.2, 0.25) is 0 Å². The second-order valence-electron chi connectivity index (χ2n) is 5.61. The number of carbonyl (C=O) groups is 1. The van der Waals surface area contributed by atoms with Gasteiger partial charge in [0.1, 0.15) is 12.0 Å². The Morgan fingerprint density at radius 3 is 2.86 bits per heavy atom. The molecule has 7 nitrogen and oxygen atoms in total. The summed E-state index contributed by atoms with van der Waals surface area (Å²) in [7, 11) is 0. The van der Waals surface area contributed by atoms with E-state index in [9.17, 15) is 14.9 Å². The zero-order chi connectivity index (χ0) is 15.4. The minimum absolute atomic E-state index is 0.0627. The molecule has 114 valence electrons. The van der Waals surface area contributed by atoms with E-state index in [1.165, 1.54) is 25.3 Å². The van der Waals surface area contributed by atoms with Crippen molar-refractivity contribution in [3.8, 4) is 0 Å². The Labute approximate surface area is 123 Å². The fraction of sp³-hybridized carbons (Fsp3) is 0.571. The van der Waals surface area contributed by atoms with Gasteiger partial charge in [-0.3, -0.25) is 14.9 Å². The van der Waals surface area contributed by atoms with Gasteiger partial charge in [0.15, 0.2) is 0 Å². The maximum absolute atomic E-state index is 11.4. The molecule has 0 bridgehead atoms. The molecule has 2 atom stereocenters. The van der Waals surface area contributed by atoms with Gasteiger partial charge in [0, 0.05) is 12.6 Å². The molecule has 1 aliphatic rings. The average molecular weight is 292 g/mol. The lowest BCUT2D eigenvalue weighted by Crippen LogP contribution is -2.26. The molecule has 1 amide bonds. The van der Waals surface area contributed by atoms with Crippen LogP contribution in [-0.2, 0) is 0 Å². The SMILES string of the molecule is CC1CCCCC1CNc1ncc([N+](=O)[O-])cc1C(N)=O. The van der Waals surface area contributed by atoms with Crippen LogP contribution in [0.15, 0.2) is 12.3 Å². The maximum Gasteiger partial charge on any atom is 0.288 e. The molecule has 21 heavy (non-hydrogen) atoms. The smallest absolute Gasteiger partial charge is 0.288 e. The summed E-state index contributed by atoms with van der Waals surface area (Å²) in [5.41, 5.74) is 5.10. The number of nitro groups is 1. The topological polar surface area (TPSA) is 111 Å². The normalized spacial score (nSPS) is 21.8. The van der Waals surface area contributed by atoms with Crippen molar-refractivity contribution in [2.24, 2.45) is 17.6 Å². The summed E-state index contributed by atoms with van der Waals surface area (Å²) in [5.74, 6) is 0.758. The van der Waals surface area contributed by atoms with Crippen LogP contribution in [0, 0.1) is 22.0 Å². The van der Waals surface area contributed by atoms with Crippen LogP contribution in [-0.4, -0.2) is 22.4 Å². The molecule has 7 heteroatoms. The van der Waals surface area contributed by atoms with E-state index >= 15 is 0 Å². The Hall–Kier alpha value is -2.18. The van der Waals surface area contributed by atoms with Crippen LogP contribution in [0.2, 0.25) is 0 Å². The van der Waals surface area contributed by atoms with E-state index in [1.54, 1.807) is 0 Å². The number of pyridine rings is 1. The molecule has 1 aromatic heterocycles. The summed E-state index contributed by atoms with van der Waals surface area (Å²) >= 11 is 0. The first-order valence-corrected chi connectivity index (χ1v) is 7.17. The molecule has 3 N–H and O–H groups in total. The number of amides is 1. The summed E-state index contributed by atoms with van der Waals surface area (Å²) in [5, 5.41) is 13.9. The molecule has 0 spiro atoms. The van der Waals surface area contributed by atoms with Crippen LogP contribution >= 0.6 is 0 Å². The standard InChI is InChI=1S/C14H20N4O3/c1-9-4-2-3-5-10(9)7-16-14-12(13(15)19)6-11(8-17-14)18(20)21/h6,8-10H,2-5,7H2,1H3,(H2,15,19)(H,16,17). The van der Waals surface area contributed by atoms with Gasteiger partial charge in [-0.1, -0.05) is 26.2 Å². The van der Waals surface area contributed by atoms with Crippen LogP contribution in [0.25, 0.3) is 0 Å². The number of nitrogens with two attached hydrogens (primary N) is 1. The van der Waals surface area contributed by atoms with Gasteiger partial charge in [-0.25, -0.2) is 4.98 Å². The summed E-state index contributed by atoms with van der Waals surface area (Å²) < 4.78 is 0. The molecule has 2 unspecified atom stereocenters. The predicted octanol–water partition coefficient (Wildman–Crippen LogP) is 2.33. The van der Waals surface area contributed by atoms with Gasteiger partial charge < -0.3 is 11.1 Å². The van der Waals surface area contributed by atoms with Gasteiger partial charge in [0.05, 0.1) is 10.5 Å². The third-order valence-corrected chi connectivity index (χ3v) is 4.17. The van der Waals surface area contributed by atoms with E-state index in [4.69, 9.17) is 5.73 Å². The average Bonchev–Trinajstić information content (AvgIpc) is 2.46. The van der Waals surface area contributed by atoms with Crippen molar-refractivity contribution < 1.29 is 9.72 Å².